The number of halogens is 1. The number of para-hydroxylation sites is 1. The number of ether oxygens (including phenoxy) is 1. The van der Waals surface area contributed by atoms with Crippen LogP contribution >= 0.6 is 0 Å². The molecule has 0 saturated carbocycles. The molecule has 0 heterocycles. The molecular formula is C15H14FNO3. The minimum absolute atomic E-state index is 0.0366. The molecule has 0 spiro atoms. The van der Waals surface area contributed by atoms with E-state index in [-0.39, 0.29) is 17.9 Å². The van der Waals surface area contributed by atoms with Crippen LogP contribution in [0, 0.1) is 15.9 Å². The Hall–Kier alpha value is -2.43. The van der Waals surface area contributed by atoms with E-state index in [4.69, 9.17) is 4.74 Å². The highest BCUT2D eigenvalue weighted by Crippen LogP contribution is 2.24. The summed E-state index contributed by atoms with van der Waals surface area (Å²) in [7, 11) is 0. The molecular weight excluding hydrogens is 261 g/mol. The zero-order valence-electron chi connectivity index (χ0n) is 11.0. The van der Waals surface area contributed by atoms with E-state index < -0.39 is 10.7 Å². The van der Waals surface area contributed by atoms with Crippen LogP contribution in [0.1, 0.15) is 18.1 Å². The average Bonchev–Trinajstić information content (AvgIpc) is 2.45. The zero-order valence-corrected chi connectivity index (χ0v) is 11.0. The van der Waals surface area contributed by atoms with E-state index in [9.17, 15) is 14.5 Å². The molecule has 0 amide bonds. The third-order valence-corrected chi connectivity index (χ3v) is 2.97. The quantitative estimate of drug-likeness (QED) is 0.614. The van der Waals surface area contributed by atoms with Gasteiger partial charge in [0, 0.05) is 6.07 Å². The Bertz CT molecular complexity index is 628. The molecule has 20 heavy (non-hydrogen) atoms. The topological polar surface area (TPSA) is 52.4 Å². The number of benzene rings is 2. The van der Waals surface area contributed by atoms with E-state index in [1.165, 1.54) is 0 Å². The van der Waals surface area contributed by atoms with Crippen molar-refractivity contribution in [1.82, 2.24) is 0 Å². The maximum Gasteiger partial charge on any atom is 0.276 e. The van der Waals surface area contributed by atoms with Crippen molar-refractivity contribution in [2.75, 3.05) is 0 Å². The molecule has 0 aromatic heterocycles. The normalized spacial score (nSPS) is 10.3. The number of nitro groups is 1. The molecule has 5 heteroatoms. The van der Waals surface area contributed by atoms with Gasteiger partial charge in [-0.25, -0.2) is 4.39 Å². The maximum atomic E-state index is 13.2. The lowest BCUT2D eigenvalue weighted by Crippen LogP contribution is -2.02. The third-order valence-electron chi connectivity index (χ3n) is 2.97. The molecule has 104 valence electrons. The molecule has 0 aliphatic carbocycles. The van der Waals surface area contributed by atoms with E-state index in [0.29, 0.717) is 5.75 Å². The summed E-state index contributed by atoms with van der Waals surface area (Å²) < 4.78 is 18.8. The first-order valence-corrected chi connectivity index (χ1v) is 6.25. The van der Waals surface area contributed by atoms with Crippen molar-refractivity contribution in [3.05, 3.63) is 69.5 Å². The number of aryl methyl sites for hydroxylation is 1. The second-order valence-electron chi connectivity index (χ2n) is 4.28. The molecule has 0 radical (unpaired) electrons. The van der Waals surface area contributed by atoms with Gasteiger partial charge >= 0.3 is 0 Å². The van der Waals surface area contributed by atoms with Gasteiger partial charge in [-0.1, -0.05) is 25.1 Å². The Kier molecular flexibility index (Phi) is 4.30. The van der Waals surface area contributed by atoms with E-state index >= 15 is 0 Å². The number of nitro benzene ring substituents is 1. The van der Waals surface area contributed by atoms with Gasteiger partial charge in [-0.3, -0.25) is 10.1 Å². The first-order valence-electron chi connectivity index (χ1n) is 6.25. The lowest BCUT2D eigenvalue weighted by Gasteiger charge is -2.10. The standard InChI is InChI=1S/C15H14FNO3/c1-2-11-5-3-4-6-15(11)20-10-12-9-13(16)7-8-14(12)17(18)19/h3-9H,2,10H2,1H3. The summed E-state index contributed by atoms with van der Waals surface area (Å²) in [5.74, 6) is 0.145. The molecule has 0 N–H and O–H groups in total. The van der Waals surface area contributed by atoms with E-state index in [2.05, 4.69) is 0 Å². The summed E-state index contributed by atoms with van der Waals surface area (Å²) in [5, 5.41) is 10.9. The third kappa shape index (κ3) is 3.12. The molecule has 2 aromatic rings. The predicted octanol–water partition coefficient (Wildman–Crippen LogP) is 3.88. The van der Waals surface area contributed by atoms with Crippen molar-refractivity contribution < 1.29 is 14.1 Å². The molecule has 0 aliphatic heterocycles. The summed E-state index contributed by atoms with van der Waals surface area (Å²) in [6.07, 6.45) is 0.793. The van der Waals surface area contributed by atoms with Gasteiger partial charge in [-0.15, -0.1) is 0 Å². The van der Waals surface area contributed by atoms with Gasteiger partial charge in [-0.05, 0) is 30.2 Å². The van der Waals surface area contributed by atoms with Crippen molar-refractivity contribution >= 4 is 5.69 Å². The van der Waals surface area contributed by atoms with Gasteiger partial charge in [0.15, 0.2) is 0 Å². The van der Waals surface area contributed by atoms with Crippen molar-refractivity contribution in [3.63, 3.8) is 0 Å². The van der Waals surface area contributed by atoms with Crippen LogP contribution in [0.3, 0.4) is 0 Å². The highest BCUT2D eigenvalue weighted by molar-refractivity contribution is 5.41. The fourth-order valence-corrected chi connectivity index (χ4v) is 1.94. The summed E-state index contributed by atoms with van der Waals surface area (Å²) >= 11 is 0. The van der Waals surface area contributed by atoms with E-state index in [0.717, 1.165) is 30.2 Å². The Labute approximate surface area is 116 Å². The molecule has 0 saturated heterocycles. The summed E-state index contributed by atoms with van der Waals surface area (Å²) in [5.41, 5.74) is 1.09. The predicted molar refractivity (Wildman–Crippen MR) is 73.2 cm³/mol. The fourth-order valence-electron chi connectivity index (χ4n) is 1.94. The molecule has 2 aromatic carbocycles. The van der Waals surface area contributed by atoms with Crippen molar-refractivity contribution in [2.24, 2.45) is 0 Å². The van der Waals surface area contributed by atoms with Crippen LogP contribution < -0.4 is 4.74 Å². The lowest BCUT2D eigenvalue weighted by atomic mass is 10.1. The van der Waals surface area contributed by atoms with Crippen LogP contribution in [-0.2, 0) is 13.0 Å². The van der Waals surface area contributed by atoms with E-state index in [1.807, 2.05) is 25.1 Å². The Morgan fingerprint density at radius 1 is 1.20 bits per heavy atom. The zero-order chi connectivity index (χ0) is 14.5. The summed E-state index contributed by atoms with van der Waals surface area (Å²) in [6.45, 7) is 1.96. The maximum absolute atomic E-state index is 13.2. The summed E-state index contributed by atoms with van der Waals surface area (Å²) in [6, 6.07) is 10.8. The van der Waals surface area contributed by atoms with Crippen molar-refractivity contribution in [3.8, 4) is 5.75 Å². The first kappa shape index (κ1) is 14.0. The highest BCUT2D eigenvalue weighted by Gasteiger charge is 2.15. The Balaban J connectivity index is 2.22. The molecule has 0 atom stereocenters. The molecule has 0 aliphatic rings. The fraction of sp³-hybridized carbons (Fsp3) is 0.200. The average molecular weight is 275 g/mol. The van der Waals surface area contributed by atoms with Gasteiger partial charge in [0.25, 0.3) is 5.69 Å². The number of hydrogen-bond donors (Lipinski definition) is 0. The number of nitrogens with zero attached hydrogens (tertiary/aromatic N) is 1. The van der Waals surface area contributed by atoms with Crippen LogP contribution in [-0.4, -0.2) is 4.92 Å². The second kappa shape index (κ2) is 6.14. The molecule has 0 unspecified atom stereocenters. The van der Waals surface area contributed by atoms with E-state index in [1.54, 1.807) is 6.07 Å². The van der Waals surface area contributed by atoms with Crippen LogP contribution in [0.15, 0.2) is 42.5 Å². The Morgan fingerprint density at radius 2 is 1.95 bits per heavy atom. The molecule has 2 rings (SSSR count). The SMILES string of the molecule is CCc1ccccc1OCc1cc(F)ccc1[N+](=O)[O-]. The highest BCUT2D eigenvalue weighted by atomic mass is 19.1. The first-order chi connectivity index (χ1) is 9.61. The van der Waals surface area contributed by atoms with Crippen LogP contribution in [0.4, 0.5) is 10.1 Å². The van der Waals surface area contributed by atoms with Crippen molar-refractivity contribution in [1.29, 1.82) is 0 Å². The molecule has 0 fully saturated rings. The second-order valence-corrected chi connectivity index (χ2v) is 4.28. The minimum atomic E-state index is -0.538. The van der Waals surface area contributed by atoms with Crippen molar-refractivity contribution in [2.45, 2.75) is 20.0 Å². The van der Waals surface area contributed by atoms with Crippen LogP contribution in [0.25, 0.3) is 0 Å². The van der Waals surface area contributed by atoms with Crippen LogP contribution in [0.2, 0.25) is 0 Å². The number of rotatable bonds is 5. The largest absolute Gasteiger partial charge is 0.488 e. The minimum Gasteiger partial charge on any atom is -0.488 e. The van der Waals surface area contributed by atoms with Crippen LogP contribution in [0.5, 0.6) is 5.75 Å². The van der Waals surface area contributed by atoms with Gasteiger partial charge in [0.05, 0.1) is 10.5 Å². The number of hydrogen-bond acceptors (Lipinski definition) is 3. The smallest absolute Gasteiger partial charge is 0.276 e. The van der Waals surface area contributed by atoms with Gasteiger partial charge in [0.1, 0.15) is 18.2 Å². The van der Waals surface area contributed by atoms with Gasteiger partial charge in [-0.2, -0.15) is 0 Å². The van der Waals surface area contributed by atoms with Gasteiger partial charge < -0.3 is 4.74 Å². The molecule has 0 bridgehead atoms. The Morgan fingerprint density at radius 3 is 2.65 bits per heavy atom. The monoisotopic (exact) mass is 275 g/mol. The summed E-state index contributed by atoms with van der Waals surface area (Å²) in [4.78, 5) is 10.4. The van der Waals surface area contributed by atoms with Gasteiger partial charge in [0.2, 0.25) is 0 Å². The lowest BCUT2D eigenvalue weighted by molar-refractivity contribution is -0.385. The molecule has 4 nitrogen and oxygen atoms in total.